The summed E-state index contributed by atoms with van der Waals surface area (Å²) in [6.07, 6.45) is 7.28. The van der Waals surface area contributed by atoms with Gasteiger partial charge in [-0.3, -0.25) is 4.79 Å². The molecule has 0 heterocycles. The third kappa shape index (κ3) is 4.85. The SMILES string of the molecule is O=C(CCCc1ccccc1)Nc1ccccc1OC1CCCC1. The zero-order valence-electron chi connectivity index (χ0n) is 14.0. The molecule has 1 saturated carbocycles. The number of amides is 1. The molecule has 2 aromatic carbocycles. The number of hydrogen-bond donors (Lipinski definition) is 1. The van der Waals surface area contributed by atoms with Crippen molar-refractivity contribution >= 4 is 11.6 Å². The van der Waals surface area contributed by atoms with E-state index in [1.54, 1.807) is 0 Å². The van der Waals surface area contributed by atoms with E-state index >= 15 is 0 Å². The number of carbonyl (C=O) groups is 1. The highest BCUT2D eigenvalue weighted by Crippen LogP contribution is 2.29. The average molecular weight is 323 g/mol. The van der Waals surface area contributed by atoms with E-state index in [0.717, 1.165) is 37.1 Å². The average Bonchev–Trinajstić information content (AvgIpc) is 3.11. The molecule has 0 saturated heterocycles. The first-order valence-electron chi connectivity index (χ1n) is 8.91. The number of para-hydroxylation sites is 2. The summed E-state index contributed by atoms with van der Waals surface area (Å²) in [6, 6.07) is 18.0. The minimum absolute atomic E-state index is 0.0494. The predicted molar refractivity (Wildman–Crippen MR) is 97.3 cm³/mol. The summed E-state index contributed by atoms with van der Waals surface area (Å²) in [4.78, 5) is 12.2. The van der Waals surface area contributed by atoms with Gasteiger partial charge in [0.2, 0.25) is 5.91 Å². The normalized spacial score (nSPS) is 14.5. The summed E-state index contributed by atoms with van der Waals surface area (Å²) in [5.41, 5.74) is 2.06. The summed E-state index contributed by atoms with van der Waals surface area (Å²) in [6.45, 7) is 0. The minimum atomic E-state index is 0.0494. The van der Waals surface area contributed by atoms with Crippen LogP contribution >= 0.6 is 0 Å². The lowest BCUT2D eigenvalue weighted by molar-refractivity contribution is -0.116. The van der Waals surface area contributed by atoms with Crippen LogP contribution in [0.15, 0.2) is 54.6 Å². The second-order valence-corrected chi connectivity index (χ2v) is 6.41. The largest absolute Gasteiger partial charge is 0.488 e. The highest BCUT2D eigenvalue weighted by Gasteiger charge is 2.18. The van der Waals surface area contributed by atoms with Crippen molar-refractivity contribution in [3.63, 3.8) is 0 Å². The smallest absolute Gasteiger partial charge is 0.224 e. The molecule has 1 N–H and O–H groups in total. The third-order valence-electron chi connectivity index (χ3n) is 4.47. The molecule has 3 rings (SSSR count). The van der Waals surface area contributed by atoms with Crippen LogP contribution in [0.1, 0.15) is 44.1 Å². The van der Waals surface area contributed by atoms with Gasteiger partial charge >= 0.3 is 0 Å². The highest BCUT2D eigenvalue weighted by molar-refractivity contribution is 5.92. The summed E-state index contributed by atoms with van der Waals surface area (Å²) >= 11 is 0. The maximum Gasteiger partial charge on any atom is 0.224 e. The Morgan fingerprint density at radius 2 is 1.71 bits per heavy atom. The van der Waals surface area contributed by atoms with Crippen LogP contribution in [0.5, 0.6) is 5.75 Å². The van der Waals surface area contributed by atoms with Gasteiger partial charge in [-0.05, 0) is 56.2 Å². The van der Waals surface area contributed by atoms with Gasteiger partial charge in [-0.15, -0.1) is 0 Å². The number of rotatable bonds is 7. The van der Waals surface area contributed by atoms with Crippen LogP contribution in [0.3, 0.4) is 0 Å². The molecule has 0 aromatic heterocycles. The van der Waals surface area contributed by atoms with Crippen LogP contribution in [0, 0.1) is 0 Å². The number of hydrogen-bond acceptors (Lipinski definition) is 2. The Kier molecular flexibility index (Phi) is 5.89. The van der Waals surface area contributed by atoms with Crippen molar-refractivity contribution < 1.29 is 9.53 Å². The number of nitrogens with one attached hydrogen (secondary N) is 1. The molecule has 3 nitrogen and oxygen atoms in total. The Morgan fingerprint density at radius 3 is 2.50 bits per heavy atom. The fourth-order valence-corrected chi connectivity index (χ4v) is 3.17. The molecule has 3 heteroatoms. The maximum absolute atomic E-state index is 12.2. The standard InChI is InChI=1S/C21H25NO2/c23-21(16-8-11-17-9-2-1-3-10-17)22-19-14-6-7-15-20(19)24-18-12-4-5-13-18/h1-3,6-7,9-10,14-15,18H,4-5,8,11-13,16H2,(H,22,23). The first kappa shape index (κ1) is 16.6. The highest BCUT2D eigenvalue weighted by atomic mass is 16.5. The monoisotopic (exact) mass is 323 g/mol. The Labute approximate surface area is 144 Å². The van der Waals surface area contributed by atoms with Gasteiger partial charge in [-0.1, -0.05) is 42.5 Å². The molecule has 24 heavy (non-hydrogen) atoms. The first-order chi connectivity index (χ1) is 11.8. The van der Waals surface area contributed by atoms with Crippen LogP contribution in [0.4, 0.5) is 5.69 Å². The molecule has 0 spiro atoms. The number of carbonyl (C=O) groups excluding carboxylic acids is 1. The Balaban J connectivity index is 1.50. The van der Waals surface area contributed by atoms with Gasteiger partial charge in [0.15, 0.2) is 0 Å². The lowest BCUT2D eigenvalue weighted by Gasteiger charge is -2.16. The van der Waals surface area contributed by atoms with Crippen LogP contribution in [-0.4, -0.2) is 12.0 Å². The van der Waals surface area contributed by atoms with E-state index in [1.807, 2.05) is 42.5 Å². The lowest BCUT2D eigenvalue weighted by Crippen LogP contribution is -2.15. The summed E-state index contributed by atoms with van der Waals surface area (Å²) in [5.74, 6) is 0.842. The zero-order valence-corrected chi connectivity index (χ0v) is 14.0. The summed E-state index contributed by atoms with van der Waals surface area (Å²) in [5, 5.41) is 3.01. The van der Waals surface area contributed by atoms with Crippen LogP contribution in [0.2, 0.25) is 0 Å². The van der Waals surface area contributed by atoms with Crippen molar-refractivity contribution in [3.8, 4) is 5.75 Å². The minimum Gasteiger partial charge on any atom is -0.488 e. The topological polar surface area (TPSA) is 38.3 Å². The number of aryl methyl sites for hydroxylation is 1. The Hall–Kier alpha value is -2.29. The Bertz CT molecular complexity index is 648. The van der Waals surface area contributed by atoms with E-state index in [4.69, 9.17) is 4.74 Å². The van der Waals surface area contributed by atoms with E-state index in [0.29, 0.717) is 12.5 Å². The van der Waals surface area contributed by atoms with E-state index in [-0.39, 0.29) is 5.91 Å². The predicted octanol–water partition coefficient (Wildman–Crippen LogP) is 4.97. The van der Waals surface area contributed by atoms with E-state index in [1.165, 1.54) is 18.4 Å². The molecule has 0 radical (unpaired) electrons. The summed E-state index contributed by atoms with van der Waals surface area (Å²) in [7, 11) is 0. The van der Waals surface area contributed by atoms with Crippen LogP contribution < -0.4 is 10.1 Å². The maximum atomic E-state index is 12.2. The molecule has 1 fully saturated rings. The van der Waals surface area contributed by atoms with Gasteiger partial charge in [0.05, 0.1) is 11.8 Å². The van der Waals surface area contributed by atoms with Crippen molar-refractivity contribution in [2.45, 2.75) is 51.0 Å². The lowest BCUT2D eigenvalue weighted by atomic mass is 10.1. The molecular formula is C21H25NO2. The van der Waals surface area contributed by atoms with Crippen molar-refractivity contribution in [1.29, 1.82) is 0 Å². The molecule has 0 atom stereocenters. The van der Waals surface area contributed by atoms with Crippen LogP contribution in [-0.2, 0) is 11.2 Å². The molecule has 0 unspecified atom stereocenters. The van der Waals surface area contributed by atoms with E-state index in [2.05, 4.69) is 17.4 Å². The van der Waals surface area contributed by atoms with Gasteiger partial charge in [-0.2, -0.15) is 0 Å². The fourth-order valence-electron chi connectivity index (χ4n) is 3.17. The van der Waals surface area contributed by atoms with E-state index < -0.39 is 0 Å². The van der Waals surface area contributed by atoms with Gasteiger partial charge in [0.25, 0.3) is 0 Å². The molecular weight excluding hydrogens is 298 g/mol. The molecule has 126 valence electrons. The molecule has 0 bridgehead atoms. The zero-order chi connectivity index (χ0) is 16.6. The molecule has 0 aliphatic heterocycles. The number of benzene rings is 2. The number of anilines is 1. The molecule has 1 amide bonds. The molecule has 1 aliphatic rings. The van der Waals surface area contributed by atoms with Gasteiger partial charge < -0.3 is 10.1 Å². The van der Waals surface area contributed by atoms with E-state index in [9.17, 15) is 4.79 Å². The van der Waals surface area contributed by atoms with Gasteiger partial charge in [-0.25, -0.2) is 0 Å². The van der Waals surface area contributed by atoms with Gasteiger partial charge in [0, 0.05) is 6.42 Å². The van der Waals surface area contributed by atoms with Gasteiger partial charge in [0.1, 0.15) is 5.75 Å². The fraction of sp³-hybridized carbons (Fsp3) is 0.381. The second-order valence-electron chi connectivity index (χ2n) is 6.41. The van der Waals surface area contributed by atoms with Crippen molar-refractivity contribution in [3.05, 3.63) is 60.2 Å². The van der Waals surface area contributed by atoms with Crippen molar-refractivity contribution in [1.82, 2.24) is 0 Å². The molecule has 2 aromatic rings. The van der Waals surface area contributed by atoms with Crippen molar-refractivity contribution in [2.75, 3.05) is 5.32 Å². The first-order valence-corrected chi connectivity index (χ1v) is 8.91. The quantitative estimate of drug-likeness (QED) is 0.781. The Morgan fingerprint density at radius 1 is 1.00 bits per heavy atom. The number of ether oxygens (including phenoxy) is 1. The van der Waals surface area contributed by atoms with Crippen molar-refractivity contribution in [2.24, 2.45) is 0 Å². The molecule has 1 aliphatic carbocycles. The summed E-state index contributed by atoms with van der Waals surface area (Å²) < 4.78 is 6.07. The second kappa shape index (κ2) is 8.53. The van der Waals surface area contributed by atoms with Crippen LogP contribution in [0.25, 0.3) is 0 Å². The third-order valence-corrected chi connectivity index (χ3v) is 4.47.